The van der Waals surface area contributed by atoms with Gasteiger partial charge >= 0.3 is 12.1 Å². The maximum absolute atomic E-state index is 12.9. The quantitative estimate of drug-likeness (QED) is 0.843. The van der Waals surface area contributed by atoms with E-state index >= 15 is 0 Å². The molecule has 7 heteroatoms. The van der Waals surface area contributed by atoms with E-state index < -0.39 is 23.7 Å². The van der Waals surface area contributed by atoms with Gasteiger partial charge in [0.05, 0.1) is 11.4 Å². The van der Waals surface area contributed by atoms with Crippen LogP contribution < -0.4 is 4.90 Å². The van der Waals surface area contributed by atoms with E-state index in [0.717, 1.165) is 17.7 Å². The van der Waals surface area contributed by atoms with E-state index in [1.807, 2.05) is 52.0 Å². The summed E-state index contributed by atoms with van der Waals surface area (Å²) in [6.45, 7) is 7.42. The predicted octanol–water partition coefficient (Wildman–Crippen LogP) is 4.10. The van der Waals surface area contributed by atoms with Gasteiger partial charge < -0.3 is 14.8 Å². The van der Waals surface area contributed by atoms with Gasteiger partial charge in [-0.25, -0.2) is 14.6 Å². The molecule has 1 aliphatic rings. The van der Waals surface area contributed by atoms with Gasteiger partial charge in [-0.05, 0) is 38.8 Å². The third kappa shape index (κ3) is 3.82. The summed E-state index contributed by atoms with van der Waals surface area (Å²) in [7, 11) is 0. The summed E-state index contributed by atoms with van der Waals surface area (Å²) in [6, 6.07) is 7.18. The number of aromatic carboxylic acids is 1. The zero-order chi connectivity index (χ0) is 19.8. The van der Waals surface area contributed by atoms with Gasteiger partial charge in [-0.2, -0.15) is 0 Å². The largest absolute Gasteiger partial charge is 0.477 e. The Morgan fingerprint density at radius 1 is 1.33 bits per heavy atom. The van der Waals surface area contributed by atoms with Gasteiger partial charge in [0.15, 0.2) is 0 Å². The second kappa shape index (κ2) is 7.06. The van der Waals surface area contributed by atoms with E-state index in [9.17, 15) is 14.7 Å². The number of nitrogens with one attached hydrogen (secondary N) is 1. The van der Waals surface area contributed by atoms with E-state index in [0.29, 0.717) is 24.4 Å². The molecule has 0 fully saturated rings. The van der Waals surface area contributed by atoms with Gasteiger partial charge in [0, 0.05) is 6.42 Å². The monoisotopic (exact) mass is 371 g/mol. The molecule has 1 unspecified atom stereocenters. The van der Waals surface area contributed by atoms with Crippen LogP contribution in [0.4, 0.5) is 10.5 Å². The number of benzene rings is 1. The third-order valence-electron chi connectivity index (χ3n) is 4.38. The molecule has 1 aromatic heterocycles. The molecule has 0 saturated heterocycles. The Hall–Kier alpha value is -2.83. The average molecular weight is 371 g/mol. The van der Waals surface area contributed by atoms with Crippen molar-refractivity contribution in [2.24, 2.45) is 0 Å². The zero-order valence-corrected chi connectivity index (χ0v) is 16.1. The number of aromatic nitrogens is 2. The zero-order valence-electron chi connectivity index (χ0n) is 16.1. The van der Waals surface area contributed by atoms with Crippen LogP contribution in [0.3, 0.4) is 0 Å². The van der Waals surface area contributed by atoms with E-state index in [4.69, 9.17) is 4.74 Å². The third-order valence-corrected chi connectivity index (χ3v) is 4.38. The summed E-state index contributed by atoms with van der Waals surface area (Å²) in [5.41, 5.74) is 1.73. The predicted molar refractivity (Wildman–Crippen MR) is 101 cm³/mol. The van der Waals surface area contributed by atoms with E-state index in [2.05, 4.69) is 9.97 Å². The fraction of sp³-hybridized carbons (Fsp3) is 0.450. The minimum atomic E-state index is -1.04. The molecule has 1 aliphatic heterocycles. The van der Waals surface area contributed by atoms with Crippen LogP contribution in [-0.4, -0.2) is 32.7 Å². The summed E-state index contributed by atoms with van der Waals surface area (Å²) < 4.78 is 5.59. The molecule has 0 radical (unpaired) electrons. The van der Waals surface area contributed by atoms with Crippen LogP contribution >= 0.6 is 0 Å². The Balaban J connectivity index is 2.02. The number of para-hydroxylation sites is 1. The van der Waals surface area contributed by atoms with E-state index in [-0.39, 0.29) is 5.69 Å². The lowest BCUT2D eigenvalue weighted by Crippen LogP contribution is -2.38. The first kappa shape index (κ1) is 18.9. The normalized spacial score (nSPS) is 16.3. The number of ether oxygens (including phenoxy) is 1. The Labute approximate surface area is 158 Å². The highest BCUT2D eigenvalue weighted by Gasteiger charge is 2.39. The fourth-order valence-electron chi connectivity index (χ4n) is 3.32. The number of carboxylic acid groups (broad SMARTS) is 1. The van der Waals surface area contributed by atoms with E-state index in [1.165, 1.54) is 0 Å². The smallest absolute Gasteiger partial charge is 0.415 e. The summed E-state index contributed by atoms with van der Waals surface area (Å²) >= 11 is 0. The van der Waals surface area contributed by atoms with Crippen LogP contribution in [0.25, 0.3) is 0 Å². The van der Waals surface area contributed by atoms with Crippen LogP contribution in [0.1, 0.15) is 67.7 Å². The van der Waals surface area contributed by atoms with Crippen LogP contribution in [0.2, 0.25) is 0 Å². The number of aryl methyl sites for hydroxylation is 1. The Morgan fingerprint density at radius 3 is 2.67 bits per heavy atom. The van der Waals surface area contributed by atoms with Crippen LogP contribution in [0.15, 0.2) is 24.3 Å². The van der Waals surface area contributed by atoms with E-state index in [1.54, 1.807) is 4.90 Å². The molecular weight excluding hydrogens is 346 g/mol. The number of fused-ring (bicyclic) bond motifs is 1. The maximum Gasteiger partial charge on any atom is 0.415 e. The molecule has 27 heavy (non-hydrogen) atoms. The number of carboxylic acids is 1. The van der Waals surface area contributed by atoms with Crippen molar-refractivity contribution >= 4 is 17.7 Å². The summed E-state index contributed by atoms with van der Waals surface area (Å²) in [4.78, 5) is 33.5. The topological polar surface area (TPSA) is 95.5 Å². The van der Waals surface area contributed by atoms with Crippen molar-refractivity contribution in [3.8, 4) is 0 Å². The van der Waals surface area contributed by atoms with Gasteiger partial charge in [-0.15, -0.1) is 0 Å². The van der Waals surface area contributed by atoms with Crippen molar-refractivity contribution in [3.05, 3.63) is 47.0 Å². The summed E-state index contributed by atoms with van der Waals surface area (Å²) in [5, 5.41) is 9.47. The molecule has 2 heterocycles. The highest BCUT2D eigenvalue weighted by molar-refractivity contribution is 5.92. The van der Waals surface area contributed by atoms with Crippen LogP contribution in [0, 0.1) is 0 Å². The molecule has 3 rings (SSSR count). The Morgan fingerprint density at radius 2 is 2.04 bits per heavy atom. The Kier molecular flexibility index (Phi) is 4.95. The second-order valence-electron chi connectivity index (χ2n) is 7.70. The van der Waals surface area contributed by atoms with Crippen molar-refractivity contribution < 1.29 is 19.4 Å². The van der Waals surface area contributed by atoms with Crippen LogP contribution in [-0.2, 0) is 17.6 Å². The fourth-order valence-corrected chi connectivity index (χ4v) is 3.32. The SMILES string of the molecule is CCCc1nc(C2Cc3ccccc3N2C(=O)OC(C)(C)C)[nH]c1C(=O)O. The molecule has 1 amide bonds. The molecule has 144 valence electrons. The van der Waals surface area contributed by atoms with Gasteiger partial charge in [0.2, 0.25) is 0 Å². The van der Waals surface area contributed by atoms with Gasteiger partial charge in [0.25, 0.3) is 0 Å². The number of H-pyrrole nitrogens is 1. The highest BCUT2D eigenvalue weighted by atomic mass is 16.6. The maximum atomic E-state index is 12.9. The highest BCUT2D eigenvalue weighted by Crippen LogP contribution is 2.40. The molecule has 1 aromatic carbocycles. The van der Waals surface area contributed by atoms with Gasteiger partial charge in [-0.1, -0.05) is 31.5 Å². The number of anilines is 1. The molecule has 0 saturated carbocycles. The molecule has 0 spiro atoms. The lowest BCUT2D eigenvalue weighted by Gasteiger charge is -2.28. The number of aromatic amines is 1. The molecular formula is C20H25N3O4. The average Bonchev–Trinajstić information content (AvgIpc) is 3.14. The molecule has 0 aliphatic carbocycles. The number of hydrogen-bond donors (Lipinski definition) is 2. The number of rotatable bonds is 4. The minimum Gasteiger partial charge on any atom is -0.477 e. The molecule has 0 bridgehead atoms. The second-order valence-corrected chi connectivity index (χ2v) is 7.70. The first-order valence-electron chi connectivity index (χ1n) is 9.13. The molecule has 2 aromatic rings. The van der Waals surface area contributed by atoms with Crippen LogP contribution in [0.5, 0.6) is 0 Å². The number of carbonyl (C=O) groups excluding carboxylic acids is 1. The van der Waals surface area contributed by atoms with Gasteiger partial charge in [-0.3, -0.25) is 4.90 Å². The molecule has 1 atom stereocenters. The number of carbonyl (C=O) groups is 2. The lowest BCUT2D eigenvalue weighted by molar-refractivity contribution is 0.0567. The number of amides is 1. The van der Waals surface area contributed by atoms with Crippen molar-refractivity contribution in [3.63, 3.8) is 0 Å². The summed E-state index contributed by atoms with van der Waals surface area (Å²) in [5.74, 6) is -0.575. The number of imidazole rings is 1. The first-order chi connectivity index (χ1) is 12.7. The lowest BCUT2D eigenvalue weighted by atomic mass is 10.1. The first-order valence-corrected chi connectivity index (χ1v) is 9.13. The minimum absolute atomic E-state index is 0.0898. The van der Waals surface area contributed by atoms with Crippen molar-refractivity contribution in [1.29, 1.82) is 0 Å². The molecule has 7 nitrogen and oxygen atoms in total. The Bertz CT molecular complexity index is 866. The number of hydrogen-bond acceptors (Lipinski definition) is 4. The number of nitrogens with zero attached hydrogens (tertiary/aromatic N) is 2. The van der Waals surface area contributed by atoms with Gasteiger partial charge in [0.1, 0.15) is 23.2 Å². The van der Waals surface area contributed by atoms with Crippen molar-refractivity contribution in [2.45, 2.75) is 58.6 Å². The molecule has 2 N–H and O–H groups in total. The summed E-state index contributed by atoms with van der Waals surface area (Å²) in [6.07, 6.45) is 1.42. The standard InChI is InChI=1S/C20H25N3O4/c1-5-8-13-16(18(24)25)22-17(21-13)15-11-12-9-6-7-10-14(12)23(15)19(26)27-20(2,3)4/h6-7,9-10,15H,5,8,11H2,1-4H3,(H,21,22)(H,24,25). The van der Waals surface area contributed by atoms with Crippen molar-refractivity contribution in [1.82, 2.24) is 9.97 Å². The van der Waals surface area contributed by atoms with Crippen molar-refractivity contribution in [2.75, 3.05) is 4.90 Å².